The fourth-order valence-electron chi connectivity index (χ4n) is 4.39. The van der Waals surface area contributed by atoms with Crippen LogP contribution in [0.5, 0.6) is 5.75 Å². The topological polar surface area (TPSA) is 44.8 Å². The number of Topliss-reactive ketones (excluding diaryl/α,β-unsaturated/α-hetero) is 1. The first kappa shape index (κ1) is 19.4. The van der Waals surface area contributed by atoms with Crippen LogP contribution in [0, 0.1) is 0 Å². The molecule has 3 heterocycles. The molecule has 30 heavy (non-hydrogen) atoms. The Balaban J connectivity index is 1.08. The van der Waals surface area contributed by atoms with Crippen molar-refractivity contribution in [2.45, 2.75) is 12.8 Å². The monoisotopic (exact) mass is 421 g/mol. The average Bonchev–Trinajstić information content (AvgIpc) is 3.26. The van der Waals surface area contributed by atoms with Gasteiger partial charge in [-0.25, -0.2) is 0 Å². The van der Waals surface area contributed by atoms with Crippen LogP contribution in [0.2, 0.25) is 0 Å². The summed E-state index contributed by atoms with van der Waals surface area (Å²) in [5, 5.41) is 6.85. The summed E-state index contributed by atoms with van der Waals surface area (Å²) >= 11 is 1.81. The van der Waals surface area contributed by atoms with Crippen LogP contribution >= 0.6 is 11.3 Å². The summed E-state index contributed by atoms with van der Waals surface area (Å²) in [6, 6.07) is 14.6. The second-order valence-corrected chi connectivity index (χ2v) is 8.90. The van der Waals surface area contributed by atoms with Crippen LogP contribution < -0.4 is 15.0 Å². The Morgan fingerprint density at radius 2 is 1.97 bits per heavy atom. The fourth-order valence-corrected chi connectivity index (χ4v) is 5.20. The molecule has 2 aromatic carbocycles. The summed E-state index contributed by atoms with van der Waals surface area (Å²) < 4.78 is 7.31. The van der Waals surface area contributed by atoms with Gasteiger partial charge >= 0.3 is 0 Å². The van der Waals surface area contributed by atoms with Crippen molar-refractivity contribution in [2.24, 2.45) is 0 Å². The van der Waals surface area contributed by atoms with Crippen molar-refractivity contribution in [1.29, 1.82) is 0 Å². The highest BCUT2D eigenvalue weighted by atomic mass is 32.1. The number of carbonyl (C=O) groups excluding carboxylic acids is 1. The third kappa shape index (κ3) is 4.02. The molecule has 1 saturated heterocycles. The molecule has 2 aliphatic rings. The molecule has 0 aliphatic carbocycles. The molecule has 0 radical (unpaired) electrons. The maximum absolute atomic E-state index is 11.9. The fraction of sp³-hybridized carbons (Fsp3) is 0.375. The number of anilines is 2. The SMILES string of the molecule is O=C1CCNc2cc(OCCCN3CCN(c4cccc5sccc45)CC3)ccc21. The molecule has 1 fully saturated rings. The van der Waals surface area contributed by atoms with Gasteiger partial charge in [-0.2, -0.15) is 0 Å². The average molecular weight is 422 g/mol. The second-order valence-electron chi connectivity index (χ2n) is 7.95. The summed E-state index contributed by atoms with van der Waals surface area (Å²) in [7, 11) is 0. The van der Waals surface area contributed by atoms with E-state index in [0.29, 0.717) is 19.6 Å². The smallest absolute Gasteiger partial charge is 0.166 e. The highest BCUT2D eigenvalue weighted by molar-refractivity contribution is 7.17. The molecule has 0 amide bonds. The third-order valence-electron chi connectivity index (χ3n) is 6.03. The van der Waals surface area contributed by atoms with Crippen LogP contribution in [-0.4, -0.2) is 56.6 Å². The number of benzene rings is 2. The number of ether oxygens (including phenoxy) is 1. The molecule has 0 atom stereocenters. The Bertz CT molecular complexity index is 1040. The van der Waals surface area contributed by atoms with Crippen molar-refractivity contribution >= 4 is 38.6 Å². The highest BCUT2D eigenvalue weighted by Crippen LogP contribution is 2.31. The van der Waals surface area contributed by atoms with Crippen molar-refractivity contribution in [2.75, 3.05) is 56.1 Å². The van der Waals surface area contributed by atoms with Gasteiger partial charge in [0.15, 0.2) is 5.78 Å². The van der Waals surface area contributed by atoms with Crippen molar-refractivity contribution in [3.8, 4) is 5.75 Å². The van der Waals surface area contributed by atoms with Crippen molar-refractivity contribution in [1.82, 2.24) is 4.90 Å². The van der Waals surface area contributed by atoms with Crippen LogP contribution in [0.1, 0.15) is 23.2 Å². The second kappa shape index (κ2) is 8.66. The van der Waals surface area contributed by atoms with Gasteiger partial charge < -0.3 is 15.0 Å². The predicted molar refractivity (Wildman–Crippen MR) is 124 cm³/mol. The lowest BCUT2D eigenvalue weighted by Crippen LogP contribution is -2.46. The minimum Gasteiger partial charge on any atom is -0.493 e. The van der Waals surface area contributed by atoms with E-state index in [1.807, 2.05) is 29.5 Å². The summed E-state index contributed by atoms with van der Waals surface area (Å²) in [6.45, 7) is 6.78. The molecule has 1 aromatic heterocycles. The molecule has 0 spiro atoms. The van der Waals surface area contributed by atoms with Crippen molar-refractivity contribution < 1.29 is 9.53 Å². The number of nitrogens with one attached hydrogen (secondary N) is 1. The maximum atomic E-state index is 11.9. The lowest BCUT2D eigenvalue weighted by molar-refractivity contribution is 0.0983. The van der Waals surface area contributed by atoms with Gasteiger partial charge in [0.2, 0.25) is 0 Å². The molecule has 2 aliphatic heterocycles. The zero-order valence-corrected chi connectivity index (χ0v) is 17.9. The number of nitrogens with zero attached hydrogens (tertiary/aromatic N) is 2. The molecular weight excluding hydrogens is 394 g/mol. The van der Waals surface area contributed by atoms with E-state index in [9.17, 15) is 4.79 Å². The number of thiophene rings is 1. The maximum Gasteiger partial charge on any atom is 0.166 e. The van der Waals surface area contributed by atoms with E-state index >= 15 is 0 Å². The number of fused-ring (bicyclic) bond motifs is 2. The molecular formula is C24H27N3O2S. The normalized spacial score (nSPS) is 17.1. The standard InChI is InChI=1S/C24H27N3O2S/c28-23-7-9-25-21-17-18(5-6-19(21)23)29-15-2-10-26-11-13-27(14-12-26)22-3-1-4-24-20(22)8-16-30-24/h1,3-6,8,16-17,25H,2,7,9-15H2. The van der Waals surface area contributed by atoms with Crippen LogP contribution in [0.3, 0.4) is 0 Å². The van der Waals surface area contributed by atoms with Gasteiger partial charge in [-0.3, -0.25) is 9.69 Å². The van der Waals surface area contributed by atoms with Gasteiger partial charge in [0.05, 0.1) is 6.61 Å². The summed E-state index contributed by atoms with van der Waals surface area (Å²) in [6.07, 6.45) is 1.58. The quantitative estimate of drug-likeness (QED) is 0.594. The Hall–Kier alpha value is -2.57. The van der Waals surface area contributed by atoms with Gasteiger partial charge in [0, 0.05) is 78.8 Å². The molecule has 3 aromatic rings. The van der Waals surface area contributed by atoms with Crippen LogP contribution in [0.15, 0.2) is 47.8 Å². The Morgan fingerprint density at radius 1 is 1.07 bits per heavy atom. The first-order chi connectivity index (χ1) is 14.8. The lowest BCUT2D eigenvalue weighted by atomic mass is 10.0. The molecule has 0 unspecified atom stereocenters. The van der Waals surface area contributed by atoms with Crippen LogP contribution in [0.25, 0.3) is 10.1 Å². The lowest BCUT2D eigenvalue weighted by Gasteiger charge is -2.36. The summed E-state index contributed by atoms with van der Waals surface area (Å²) in [4.78, 5) is 17.0. The Labute approximate surface area is 181 Å². The van der Waals surface area contributed by atoms with Crippen LogP contribution in [0.4, 0.5) is 11.4 Å². The van der Waals surface area contributed by atoms with Crippen LogP contribution in [-0.2, 0) is 0 Å². The minimum absolute atomic E-state index is 0.213. The van der Waals surface area contributed by atoms with E-state index in [0.717, 1.165) is 56.1 Å². The number of piperazine rings is 1. The molecule has 5 nitrogen and oxygen atoms in total. The van der Waals surface area contributed by atoms with Gasteiger partial charge in [-0.05, 0) is 42.1 Å². The first-order valence-electron chi connectivity index (χ1n) is 10.8. The number of ketones is 1. The molecule has 1 N–H and O–H groups in total. The van der Waals surface area contributed by atoms with E-state index in [4.69, 9.17) is 4.74 Å². The van der Waals surface area contributed by atoms with E-state index < -0.39 is 0 Å². The molecule has 156 valence electrons. The largest absolute Gasteiger partial charge is 0.493 e. The zero-order chi connectivity index (χ0) is 20.3. The Morgan fingerprint density at radius 3 is 2.87 bits per heavy atom. The van der Waals surface area contributed by atoms with Gasteiger partial charge in [0.25, 0.3) is 0 Å². The summed E-state index contributed by atoms with van der Waals surface area (Å²) in [5.41, 5.74) is 3.06. The number of carbonyl (C=O) groups is 1. The molecule has 5 rings (SSSR count). The molecule has 6 heteroatoms. The van der Waals surface area contributed by atoms with E-state index in [1.54, 1.807) is 0 Å². The van der Waals surface area contributed by atoms with Gasteiger partial charge in [-0.1, -0.05) is 6.07 Å². The van der Waals surface area contributed by atoms with Gasteiger partial charge in [0.1, 0.15) is 5.75 Å². The van der Waals surface area contributed by atoms with E-state index in [-0.39, 0.29) is 5.78 Å². The summed E-state index contributed by atoms with van der Waals surface area (Å²) in [5.74, 6) is 1.05. The molecule has 0 saturated carbocycles. The molecule has 0 bridgehead atoms. The number of hydrogen-bond acceptors (Lipinski definition) is 6. The van der Waals surface area contributed by atoms with Crippen molar-refractivity contribution in [3.63, 3.8) is 0 Å². The number of rotatable bonds is 6. The van der Waals surface area contributed by atoms with Crippen molar-refractivity contribution in [3.05, 3.63) is 53.4 Å². The highest BCUT2D eigenvalue weighted by Gasteiger charge is 2.19. The predicted octanol–water partition coefficient (Wildman–Crippen LogP) is 4.49. The minimum atomic E-state index is 0.213. The third-order valence-corrected chi connectivity index (χ3v) is 6.91. The first-order valence-corrected chi connectivity index (χ1v) is 11.6. The Kier molecular flexibility index (Phi) is 5.60. The van der Waals surface area contributed by atoms with E-state index in [2.05, 4.69) is 44.8 Å². The van der Waals surface area contributed by atoms with E-state index in [1.165, 1.54) is 15.8 Å². The zero-order valence-electron chi connectivity index (χ0n) is 17.1. The van der Waals surface area contributed by atoms with Gasteiger partial charge in [-0.15, -0.1) is 11.3 Å². The number of hydrogen-bond donors (Lipinski definition) is 1.